The van der Waals surface area contributed by atoms with E-state index in [1.807, 2.05) is 0 Å². The zero-order valence-corrected chi connectivity index (χ0v) is 12.6. The molecule has 3 heterocycles. The fourth-order valence-corrected chi connectivity index (χ4v) is 4.83. The number of nitrogens with zero attached hydrogens (tertiary/aromatic N) is 2. The van der Waals surface area contributed by atoms with Crippen LogP contribution in [0.3, 0.4) is 0 Å². The number of hydrogen-bond acceptors (Lipinski definition) is 3. The van der Waals surface area contributed by atoms with E-state index in [1.165, 1.54) is 71.0 Å². The summed E-state index contributed by atoms with van der Waals surface area (Å²) >= 11 is 0. The summed E-state index contributed by atoms with van der Waals surface area (Å²) in [6, 6.07) is 2.97. The highest BCUT2D eigenvalue weighted by Crippen LogP contribution is 2.38. The van der Waals surface area contributed by atoms with Gasteiger partial charge in [0.05, 0.1) is 0 Å². The summed E-state index contributed by atoms with van der Waals surface area (Å²) in [5, 5.41) is 0. The predicted molar refractivity (Wildman–Crippen MR) is 80.2 cm³/mol. The number of hydrogen-bond donors (Lipinski definition) is 1. The maximum absolute atomic E-state index is 6.20. The van der Waals surface area contributed by atoms with Crippen LogP contribution in [0.2, 0.25) is 0 Å². The lowest BCUT2D eigenvalue weighted by Crippen LogP contribution is -2.52. The fourth-order valence-electron chi connectivity index (χ4n) is 4.83. The summed E-state index contributed by atoms with van der Waals surface area (Å²) in [6.07, 6.45) is 10.8. The highest BCUT2D eigenvalue weighted by molar-refractivity contribution is 4.99. The smallest absolute Gasteiger partial charge is 0.0116 e. The highest BCUT2D eigenvalue weighted by Gasteiger charge is 2.42. The van der Waals surface area contributed by atoms with Gasteiger partial charge in [0.15, 0.2) is 0 Å². The van der Waals surface area contributed by atoms with Crippen LogP contribution in [0.1, 0.15) is 58.3 Å². The first-order chi connectivity index (χ1) is 9.28. The van der Waals surface area contributed by atoms with Crippen LogP contribution >= 0.6 is 0 Å². The van der Waals surface area contributed by atoms with E-state index in [4.69, 9.17) is 5.73 Å². The third-order valence-electron chi connectivity index (χ3n) is 5.58. The zero-order valence-electron chi connectivity index (χ0n) is 12.6. The molecule has 0 amide bonds. The molecule has 0 aromatic heterocycles. The van der Waals surface area contributed by atoms with Crippen LogP contribution in [0.25, 0.3) is 0 Å². The normalized spacial score (nSPS) is 41.4. The van der Waals surface area contributed by atoms with Gasteiger partial charge < -0.3 is 10.6 Å². The van der Waals surface area contributed by atoms with Crippen molar-refractivity contribution in [3.8, 4) is 0 Å². The fraction of sp³-hybridized carbons (Fsp3) is 1.00. The van der Waals surface area contributed by atoms with Crippen molar-refractivity contribution in [1.29, 1.82) is 0 Å². The molecule has 0 spiro atoms. The van der Waals surface area contributed by atoms with Gasteiger partial charge in [0.1, 0.15) is 0 Å². The molecule has 3 aliphatic rings. The van der Waals surface area contributed by atoms with E-state index in [1.54, 1.807) is 0 Å². The van der Waals surface area contributed by atoms with Gasteiger partial charge in [0.25, 0.3) is 0 Å². The van der Waals surface area contributed by atoms with Gasteiger partial charge in [-0.15, -0.1) is 0 Å². The predicted octanol–water partition coefficient (Wildman–Crippen LogP) is 2.21. The lowest BCUT2D eigenvalue weighted by Gasteiger charge is -2.42. The maximum Gasteiger partial charge on any atom is 0.0116 e. The van der Waals surface area contributed by atoms with Crippen molar-refractivity contribution in [3.63, 3.8) is 0 Å². The van der Waals surface area contributed by atoms with Crippen LogP contribution in [-0.4, -0.2) is 53.6 Å². The van der Waals surface area contributed by atoms with Gasteiger partial charge in [-0.3, -0.25) is 4.90 Å². The average Bonchev–Trinajstić information content (AvgIpc) is 2.57. The maximum atomic E-state index is 6.20. The Morgan fingerprint density at radius 2 is 1.68 bits per heavy atom. The lowest BCUT2D eigenvalue weighted by molar-refractivity contribution is 0.0692. The summed E-state index contributed by atoms with van der Waals surface area (Å²) in [6.45, 7) is 6.24. The van der Waals surface area contributed by atoms with Crippen LogP contribution in [-0.2, 0) is 0 Å². The minimum absolute atomic E-state index is 0.483. The lowest BCUT2D eigenvalue weighted by atomic mass is 9.94. The molecule has 2 N–H and O–H groups in total. The second-order valence-electron chi connectivity index (χ2n) is 6.99. The number of nitrogens with two attached hydrogens (primary N) is 1. The van der Waals surface area contributed by atoms with Gasteiger partial charge in [0, 0.05) is 24.2 Å². The second kappa shape index (κ2) is 6.11. The molecule has 0 radical (unpaired) electrons. The van der Waals surface area contributed by atoms with Crippen molar-refractivity contribution in [2.24, 2.45) is 5.73 Å². The minimum Gasteiger partial charge on any atom is -0.328 e. The van der Waals surface area contributed by atoms with E-state index in [2.05, 4.69) is 16.7 Å². The first kappa shape index (κ1) is 13.8. The number of fused-ring (bicyclic) bond motifs is 2. The van der Waals surface area contributed by atoms with E-state index in [0.29, 0.717) is 6.04 Å². The monoisotopic (exact) mass is 265 g/mol. The van der Waals surface area contributed by atoms with E-state index in [9.17, 15) is 0 Å². The third-order valence-corrected chi connectivity index (χ3v) is 5.58. The summed E-state index contributed by atoms with van der Waals surface area (Å²) in [7, 11) is 0. The van der Waals surface area contributed by atoms with Crippen molar-refractivity contribution < 1.29 is 0 Å². The van der Waals surface area contributed by atoms with Crippen LogP contribution < -0.4 is 5.73 Å². The SMILES string of the molecule is CCCN1CCCC(N2C3CCC2CC(N)C3)CC1. The molecule has 0 saturated carbocycles. The molecule has 3 nitrogen and oxygen atoms in total. The Labute approximate surface area is 118 Å². The van der Waals surface area contributed by atoms with E-state index in [0.717, 1.165) is 18.1 Å². The first-order valence-corrected chi connectivity index (χ1v) is 8.53. The molecule has 0 aromatic rings. The highest BCUT2D eigenvalue weighted by atomic mass is 15.3. The molecule has 3 heteroatoms. The van der Waals surface area contributed by atoms with Crippen molar-refractivity contribution in [3.05, 3.63) is 0 Å². The van der Waals surface area contributed by atoms with Crippen molar-refractivity contribution in [2.75, 3.05) is 19.6 Å². The Hall–Kier alpha value is -0.120. The van der Waals surface area contributed by atoms with Crippen molar-refractivity contribution >= 4 is 0 Å². The topological polar surface area (TPSA) is 32.5 Å². The molecule has 3 aliphatic heterocycles. The summed E-state index contributed by atoms with van der Waals surface area (Å²) in [4.78, 5) is 5.58. The Balaban J connectivity index is 1.60. The quantitative estimate of drug-likeness (QED) is 0.849. The summed E-state index contributed by atoms with van der Waals surface area (Å²) in [5.74, 6) is 0. The molecule has 3 unspecified atom stereocenters. The number of likely N-dealkylation sites (tertiary alicyclic amines) is 1. The summed E-state index contributed by atoms with van der Waals surface area (Å²) in [5.41, 5.74) is 6.20. The molecule has 110 valence electrons. The van der Waals surface area contributed by atoms with Gasteiger partial charge in [-0.2, -0.15) is 0 Å². The third kappa shape index (κ3) is 2.98. The molecule has 3 atom stereocenters. The number of piperidine rings is 1. The van der Waals surface area contributed by atoms with E-state index in [-0.39, 0.29) is 0 Å². The van der Waals surface area contributed by atoms with Crippen LogP contribution in [0, 0.1) is 0 Å². The van der Waals surface area contributed by atoms with E-state index >= 15 is 0 Å². The van der Waals surface area contributed by atoms with Gasteiger partial charge in [-0.05, 0) is 71.0 Å². The first-order valence-electron chi connectivity index (χ1n) is 8.53. The Bertz CT molecular complexity index is 280. The van der Waals surface area contributed by atoms with Crippen LogP contribution in [0.15, 0.2) is 0 Å². The number of rotatable bonds is 3. The van der Waals surface area contributed by atoms with Gasteiger partial charge in [-0.25, -0.2) is 0 Å². The van der Waals surface area contributed by atoms with Gasteiger partial charge in [-0.1, -0.05) is 6.92 Å². The van der Waals surface area contributed by atoms with Crippen LogP contribution in [0.4, 0.5) is 0 Å². The average molecular weight is 265 g/mol. The Morgan fingerprint density at radius 3 is 2.37 bits per heavy atom. The molecule has 2 bridgehead atoms. The van der Waals surface area contributed by atoms with Crippen molar-refractivity contribution in [1.82, 2.24) is 9.80 Å². The molecule has 3 rings (SSSR count). The molecule has 3 saturated heterocycles. The Kier molecular flexibility index (Phi) is 4.45. The largest absolute Gasteiger partial charge is 0.328 e. The van der Waals surface area contributed by atoms with Crippen LogP contribution in [0.5, 0.6) is 0 Å². The second-order valence-corrected chi connectivity index (χ2v) is 6.99. The molecule has 3 fully saturated rings. The molecule has 0 aliphatic carbocycles. The van der Waals surface area contributed by atoms with E-state index < -0.39 is 0 Å². The van der Waals surface area contributed by atoms with Gasteiger partial charge in [0.2, 0.25) is 0 Å². The minimum atomic E-state index is 0.483. The molecule has 0 aromatic carbocycles. The zero-order chi connectivity index (χ0) is 13.2. The molecular weight excluding hydrogens is 234 g/mol. The summed E-state index contributed by atoms with van der Waals surface area (Å²) < 4.78 is 0. The molecular formula is C16H31N3. The Morgan fingerprint density at radius 1 is 0.947 bits per heavy atom. The van der Waals surface area contributed by atoms with Crippen molar-refractivity contribution in [2.45, 2.75) is 82.5 Å². The standard InChI is InChI=1S/C16H31N3/c1-2-8-18-9-3-4-14(7-10-18)19-15-5-6-16(19)12-13(17)11-15/h13-16H,2-12,17H2,1H3. The van der Waals surface area contributed by atoms with Gasteiger partial charge >= 0.3 is 0 Å². The molecule has 19 heavy (non-hydrogen) atoms.